The molecule has 0 aliphatic carbocycles. The first kappa shape index (κ1) is 11.9. The molecule has 0 spiro atoms. The zero-order valence-electron chi connectivity index (χ0n) is 8.61. The molecule has 2 N–H and O–H groups in total. The van der Waals surface area contributed by atoms with Gasteiger partial charge in [-0.15, -0.1) is 0 Å². The monoisotopic (exact) mass is 182 g/mol. The highest BCUT2D eigenvalue weighted by atomic mass is 16.1. The second-order valence-corrected chi connectivity index (χ2v) is 2.88. The average molecular weight is 182 g/mol. The first-order valence-electron chi connectivity index (χ1n) is 4.65. The van der Waals surface area contributed by atoms with Crippen molar-refractivity contribution in [1.82, 2.24) is 5.32 Å². The normalized spacial score (nSPS) is 11.2. The predicted molar refractivity (Wildman–Crippen MR) is 55.1 cm³/mol. The highest BCUT2D eigenvalue weighted by Crippen LogP contribution is 2.03. The number of allylic oxidation sites excluding steroid dienone is 1. The molecule has 3 heteroatoms. The van der Waals surface area contributed by atoms with E-state index < -0.39 is 0 Å². The molecule has 1 amide bonds. The van der Waals surface area contributed by atoms with Gasteiger partial charge in [-0.2, -0.15) is 0 Å². The van der Waals surface area contributed by atoms with E-state index in [0.717, 1.165) is 12.8 Å². The SMILES string of the molecule is CCCC(=N)/C=C(/CC)C(=O)NC. The summed E-state index contributed by atoms with van der Waals surface area (Å²) in [7, 11) is 1.61. The lowest BCUT2D eigenvalue weighted by Crippen LogP contribution is -2.20. The molecule has 0 aliphatic heterocycles. The van der Waals surface area contributed by atoms with Crippen molar-refractivity contribution in [2.24, 2.45) is 0 Å². The summed E-state index contributed by atoms with van der Waals surface area (Å²) in [5.74, 6) is -0.0802. The van der Waals surface area contributed by atoms with Crippen molar-refractivity contribution in [3.63, 3.8) is 0 Å². The van der Waals surface area contributed by atoms with Crippen molar-refractivity contribution >= 4 is 11.6 Å². The van der Waals surface area contributed by atoms with Crippen LogP contribution in [-0.4, -0.2) is 18.7 Å². The molecule has 3 nitrogen and oxygen atoms in total. The molecule has 0 unspecified atom stereocenters. The number of likely N-dealkylation sites (N-methyl/N-ethyl adjacent to an activating group) is 1. The van der Waals surface area contributed by atoms with Crippen molar-refractivity contribution in [1.29, 1.82) is 5.41 Å². The third-order valence-electron chi connectivity index (χ3n) is 1.77. The summed E-state index contributed by atoms with van der Waals surface area (Å²) < 4.78 is 0. The van der Waals surface area contributed by atoms with Crippen molar-refractivity contribution in [3.05, 3.63) is 11.6 Å². The molecule has 0 aromatic carbocycles. The molecule has 0 rings (SSSR count). The Hall–Kier alpha value is -1.12. The third kappa shape index (κ3) is 4.45. The summed E-state index contributed by atoms with van der Waals surface area (Å²) in [6.45, 7) is 3.94. The summed E-state index contributed by atoms with van der Waals surface area (Å²) in [5, 5.41) is 10.1. The van der Waals surface area contributed by atoms with Gasteiger partial charge in [0.1, 0.15) is 0 Å². The number of nitrogens with one attached hydrogen (secondary N) is 2. The molecule has 13 heavy (non-hydrogen) atoms. The van der Waals surface area contributed by atoms with E-state index in [0.29, 0.717) is 17.7 Å². The maximum absolute atomic E-state index is 11.2. The van der Waals surface area contributed by atoms with Crippen LogP contribution in [0, 0.1) is 5.41 Å². The third-order valence-corrected chi connectivity index (χ3v) is 1.77. The Kier molecular flexibility index (Phi) is 5.85. The lowest BCUT2D eigenvalue weighted by molar-refractivity contribution is -0.117. The fourth-order valence-electron chi connectivity index (χ4n) is 1.04. The van der Waals surface area contributed by atoms with Gasteiger partial charge in [0, 0.05) is 18.3 Å². The minimum Gasteiger partial charge on any atom is -0.355 e. The molecule has 0 bridgehead atoms. The Morgan fingerprint density at radius 3 is 2.46 bits per heavy atom. The number of hydrogen-bond donors (Lipinski definition) is 2. The molecular weight excluding hydrogens is 164 g/mol. The number of carbonyl (C=O) groups excluding carboxylic acids is 1. The summed E-state index contributed by atoms with van der Waals surface area (Å²) in [5.41, 5.74) is 1.21. The standard InChI is InChI=1S/C10H18N2O/c1-4-6-9(11)7-8(5-2)10(13)12-3/h7,11H,4-6H2,1-3H3,(H,12,13)/b8-7-,11-9?. The van der Waals surface area contributed by atoms with Gasteiger partial charge in [0.15, 0.2) is 0 Å². The van der Waals surface area contributed by atoms with Crippen LogP contribution in [0.2, 0.25) is 0 Å². The van der Waals surface area contributed by atoms with Gasteiger partial charge in [0.05, 0.1) is 0 Å². The van der Waals surface area contributed by atoms with Gasteiger partial charge < -0.3 is 10.7 Å². The Labute approximate surface area is 79.7 Å². The molecule has 0 aromatic rings. The first-order valence-corrected chi connectivity index (χ1v) is 4.65. The van der Waals surface area contributed by atoms with E-state index in [2.05, 4.69) is 5.32 Å². The minimum absolute atomic E-state index is 0.0802. The molecular formula is C10H18N2O. The fourth-order valence-corrected chi connectivity index (χ4v) is 1.04. The minimum atomic E-state index is -0.0802. The lowest BCUT2D eigenvalue weighted by atomic mass is 10.1. The van der Waals surface area contributed by atoms with Crippen LogP contribution in [0.1, 0.15) is 33.1 Å². The van der Waals surface area contributed by atoms with E-state index in [1.54, 1.807) is 13.1 Å². The quantitative estimate of drug-likeness (QED) is 0.495. The van der Waals surface area contributed by atoms with Crippen LogP contribution < -0.4 is 5.32 Å². The zero-order valence-corrected chi connectivity index (χ0v) is 8.61. The molecule has 0 fully saturated rings. The van der Waals surface area contributed by atoms with E-state index in [9.17, 15) is 4.79 Å². The summed E-state index contributed by atoms with van der Waals surface area (Å²) in [6.07, 6.45) is 4.02. The molecule has 0 saturated carbocycles. The average Bonchev–Trinajstić information content (AvgIpc) is 2.13. The van der Waals surface area contributed by atoms with Crippen LogP contribution in [0.15, 0.2) is 11.6 Å². The Bertz CT molecular complexity index is 219. The van der Waals surface area contributed by atoms with Crippen LogP contribution in [0.25, 0.3) is 0 Å². The molecule has 74 valence electrons. The smallest absolute Gasteiger partial charge is 0.246 e. The largest absolute Gasteiger partial charge is 0.355 e. The summed E-state index contributed by atoms with van der Waals surface area (Å²) in [4.78, 5) is 11.2. The molecule has 0 radical (unpaired) electrons. The van der Waals surface area contributed by atoms with Gasteiger partial charge >= 0.3 is 0 Å². The maximum Gasteiger partial charge on any atom is 0.246 e. The zero-order chi connectivity index (χ0) is 10.3. The van der Waals surface area contributed by atoms with Crippen LogP contribution in [0.3, 0.4) is 0 Å². The van der Waals surface area contributed by atoms with E-state index in [1.165, 1.54) is 0 Å². The number of hydrogen-bond acceptors (Lipinski definition) is 2. The highest BCUT2D eigenvalue weighted by Gasteiger charge is 2.04. The van der Waals surface area contributed by atoms with Gasteiger partial charge in [-0.3, -0.25) is 4.79 Å². The van der Waals surface area contributed by atoms with E-state index in [-0.39, 0.29) is 5.91 Å². The van der Waals surface area contributed by atoms with Crippen molar-refractivity contribution in [2.45, 2.75) is 33.1 Å². The van der Waals surface area contributed by atoms with E-state index in [1.807, 2.05) is 13.8 Å². The Morgan fingerprint density at radius 2 is 2.08 bits per heavy atom. The molecule has 0 aromatic heterocycles. The summed E-state index contributed by atoms with van der Waals surface area (Å²) in [6, 6.07) is 0. The number of carbonyl (C=O) groups is 1. The number of rotatable bonds is 5. The summed E-state index contributed by atoms with van der Waals surface area (Å²) >= 11 is 0. The molecule has 0 atom stereocenters. The fraction of sp³-hybridized carbons (Fsp3) is 0.600. The first-order chi connectivity index (χ1) is 6.15. The second kappa shape index (κ2) is 6.40. The Balaban J connectivity index is 4.37. The second-order valence-electron chi connectivity index (χ2n) is 2.88. The number of amides is 1. The van der Waals surface area contributed by atoms with Crippen molar-refractivity contribution in [3.8, 4) is 0 Å². The molecule has 0 aliphatic rings. The van der Waals surface area contributed by atoms with Crippen LogP contribution in [-0.2, 0) is 4.79 Å². The van der Waals surface area contributed by atoms with Crippen LogP contribution in [0.5, 0.6) is 0 Å². The van der Waals surface area contributed by atoms with Gasteiger partial charge in [-0.25, -0.2) is 0 Å². The van der Waals surface area contributed by atoms with Crippen molar-refractivity contribution in [2.75, 3.05) is 7.05 Å². The predicted octanol–water partition coefficient (Wildman–Crippen LogP) is 1.89. The molecule has 0 saturated heterocycles. The van der Waals surface area contributed by atoms with Gasteiger partial charge in [-0.05, 0) is 18.9 Å². The van der Waals surface area contributed by atoms with Gasteiger partial charge in [0.2, 0.25) is 5.91 Å². The van der Waals surface area contributed by atoms with Gasteiger partial charge in [0.25, 0.3) is 0 Å². The van der Waals surface area contributed by atoms with E-state index in [4.69, 9.17) is 5.41 Å². The topological polar surface area (TPSA) is 53.0 Å². The Morgan fingerprint density at radius 1 is 1.46 bits per heavy atom. The van der Waals surface area contributed by atoms with Crippen LogP contribution >= 0.6 is 0 Å². The van der Waals surface area contributed by atoms with Crippen LogP contribution in [0.4, 0.5) is 0 Å². The highest BCUT2D eigenvalue weighted by molar-refractivity contribution is 6.02. The van der Waals surface area contributed by atoms with Crippen molar-refractivity contribution < 1.29 is 4.79 Å². The maximum atomic E-state index is 11.2. The van der Waals surface area contributed by atoms with E-state index >= 15 is 0 Å². The molecule has 0 heterocycles. The van der Waals surface area contributed by atoms with Gasteiger partial charge in [-0.1, -0.05) is 20.3 Å². The lowest BCUT2D eigenvalue weighted by Gasteiger charge is -2.02.